The quantitative estimate of drug-likeness (QED) is 0.511. The van der Waals surface area contributed by atoms with Crippen LogP contribution in [0.25, 0.3) is 0 Å². The molecule has 0 aliphatic rings. The Morgan fingerprint density at radius 1 is 1.31 bits per heavy atom. The molecule has 4 heteroatoms. The summed E-state index contributed by atoms with van der Waals surface area (Å²) in [6, 6.07) is 3.49. The monoisotopic (exact) mass is 297 g/mol. The van der Waals surface area contributed by atoms with Crippen molar-refractivity contribution in [2.45, 2.75) is 6.54 Å². The minimum Gasteiger partial charge on any atom is -0.312 e. The highest BCUT2D eigenvalue weighted by molar-refractivity contribution is 14.1. The molecule has 0 fully saturated rings. The van der Waals surface area contributed by atoms with Crippen LogP contribution in [0.15, 0.2) is 18.2 Å². The van der Waals surface area contributed by atoms with E-state index in [2.05, 4.69) is 27.9 Å². The van der Waals surface area contributed by atoms with Gasteiger partial charge < -0.3 is 5.32 Å². The molecule has 0 atom stereocenters. The van der Waals surface area contributed by atoms with Crippen LogP contribution in [0.4, 0.5) is 8.78 Å². The second kappa shape index (κ2) is 5.49. The van der Waals surface area contributed by atoms with Gasteiger partial charge in [-0.2, -0.15) is 0 Å². The van der Waals surface area contributed by atoms with E-state index in [1.807, 2.05) is 0 Å². The van der Waals surface area contributed by atoms with Crippen molar-refractivity contribution >= 4 is 22.6 Å². The summed E-state index contributed by atoms with van der Waals surface area (Å²) in [6.45, 7) is 1.18. The number of rotatable bonds is 4. The van der Waals surface area contributed by atoms with Crippen molar-refractivity contribution in [1.29, 1.82) is 0 Å². The van der Waals surface area contributed by atoms with E-state index in [1.165, 1.54) is 6.07 Å². The van der Waals surface area contributed by atoms with Crippen LogP contribution >= 0.6 is 22.6 Å². The zero-order valence-corrected chi connectivity index (χ0v) is 9.14. The van der Waals surface area contributed by atoms with Gasteiger partial charge in [0.05, 0.1) is 0 Å². The molecule has 0 aromatic heterocycles. The lowest BCUT2D eigenvalue weighted by Crippen LogP contribution is -2.16. The van der Waals surface area contributed by atoms with Gasteiger partial charge in [-0.05, 0) is 18.2 Å². The van der Waals surface area contributed by atoms with Gasteiger partial charge in [0.25, 0.3) is 0 Å². The molecule has 1 nitrogen and oxygen atoms in total. The van der Waals surface area contributed by atoms with Gasteiger partial charge in [0.2, 0.25) is 0 Å². The number of halogens is 3. The lowest BCUT2D eigenvalue weighted by molar-refractivity contribution is 0.573. The largest absolute Gasteiger partial charge is 0.312 e. The van der Waals surface area contributed by atoms with Crippen molar-refractivity contribution in [1.82, 2.24) is 5.32 Å². The van der Waals surface area contributed by atoms with Gasteiger partial charge in [-0.25, -0.2) is 8.78 Å². The molecular formula is C9H10F2IN. The molecule has 0 unspecified atom stereocenters. The van der Waals surface area contributed by atoms with E-state index in [0.29, 0.717) is 12.1 Å². The van der Waals surface area contributed by atoms with E-state index >= 15 is 0 Å². The molecule has 0 aliphatic carbocycles. The summed E-state index contributed by atoms with van der Waals surface area (Å²) in [6.07, 6.45) is 0. The lowest BCUT2D eigenvalue weighted by atomic mass is 10.2. The zero-order valence-electron chi connectivity index (χ0n) is 6.99. The first-order valence-electron chi connectivity index (χ1n) is 3.94. The fourth-order valence-corrected chi connectivity index (χ4v) is 1.35. The molecule has 0 amide bonds. The molecule has 1 rings (SSSR count). The molecule has 1 aromatic rings. The molecule has 0 bridgehead atoms. The Balaban J connectivity index is 2.59. The van der Waals surface area contributed by atoms with Crippen molar-refractivity contribution in [3.63, 3.8) is 0 Å². The number of hydrogen-bond donors (Lipinski definition) is 1. The van der Waals surface area contributed by atoms with Crippen LogP contribution < -0.4 is 5.32 Å². The molecular weight excluding hydrogens is 287 g/mol. The molecule has 0 saturated heterocycles. The van der Waals surface area contributed by atoms with Gasteiger partial charge in [0, 0.05) is 23.1 Å². The Bertz CT molecular complexity index is 278. The Labute approximate surface area is 89.7 Å². The smallest absolute Gasteiger partial charge is 0.127 e. The van der Waals surface area contributed by atoms with Crippen LogP contribution in [0.3, 0.4) is 0 Å². The predicted octanol–water partition coefficient (Wildman–Crippen LogP) is 2.49. The third kappa shape index (κ3) is 3.56. The number of nitrogens with one attached hydrogen (secondary N) is 1. The summed E-state index contributed by atoms with van der Waals surface area (Å²) in [5.74, 6) is -0.755. The Morgan fingerprint density at radius 3 is 2.77 bits per heavy atom. The summed E-state index contributed by atoms with van der Waals surface area (Å²) in [4.78, 5) is 0. The van der Waals surface area contributed by atoms with E-state index < -0.39 is 5.82 Å². The van der Waals surface area contributed by atoms with Gasteiger partial charge in [0.1, 0.15) is 11.6 Å². The van der Waals surface area contributed by atoms with Gasteiger partial charge >= 0.3 is 0 Å². The van der Waals surface area contributed by atoms with Crippen LogP contribution in [0, 0.1) is 11.6 Å². The SMILES string of the molecule is Fc1ccc(F)c(CNCCI)c1. The molecule has 13 heavy (non-hydrogen) atoms. The molecule has 72 valence electrons. The second-order valence-electron chi connectivity index (χ2n) is 2.60. The van der Waals surface area contributed by atoms with Crippen LogP contribution in [0.5, 0.6) is 0 Å². The van der Waals surface area contributed by atoms with Crippen LogP contribution in [0.2, 0.25) is 0 Å². The predicted molar refractivity (Wildman–Crippen MR) is 57.0 cm³/mol. The maximum atomic E-state index is 13.0. The maximum Gasteiger partial charge on any atom is 0.127 e. The summed E-state index contributed by atoms with van der Waals surface area (Å²) in [7, 11) is 0. The average Bonchev–Trinajstić information content (AvgIpc) is 2.11. The highest BCUT2D eigenvalue weighted by Crippen LogP contribution is 2.08. The molecule has 0 saturated carbocycles. The summed E-state index contributed by atoms with van der Waals surface area (Å²) in [5.41, 5.74) is 0.379. The van der Waals surface area contributed by atoms with Crippen molar-refractivity contribution in [3.05, 3.63) is 35.4 Å². The van der Waals surface area contributed by atoms with Gasteiger partial charge in [-0.3, -0.25) is 0 Å². The standard InChI is InChI=1S/C9H10F2IN/c10-8-1-2-9(11)7(5-8)6-13-4-3-12/h1-2,5,13H,3-4,6H2. The van der Waals surface area contributed by atoms with E-state index in [-0.39, 0.29) is 5.82 Å². The van der Waals surface area contributed by atoms with Crippen LogP contribution in [-0.2, 0) is 6.54 Å². The van der Waals surface area contributed by atoms with Crippen molar-refractivity contribution in [2.75, 3.05) is 11.0 Å². The fraction of sp³-hybridized carbons (Fsp3) is 0.333. The zero-order chi connectivity index (χ0) is 9.68. The highest BCUT2D eigenvalue weighted by atomic mass is 127. The first-order valence-corrected chi connectivity index (χ1v) is 5.47. The number of hydrogen-bond acceptors (Lipinski definition) is 1. The number of alkyl halides is 1. The van der Waals surface area contributed by atoms with Gasteiger partial charge in [0.15, 0.2) is 0 Å². The van der Waals surface area contributed by atoms with Crippen molar-refractivity contribution < 1.29 is 8.78 Å². The Kier molecular flexibility index (Phi) is 4.58. The molecule has 0 spiro atoms. The van der Waals surface area contributed by atoms with Crippen LogP contribution in [-0.4, -0.2) is 11.0 Å². The topological polar surface area (TPSA) is 12.0 Å². The normalized spacial score (nSPS) is 10.4. The van der Waals surface area contributed by atoms with Crippen LogP contribution in [0.1, 0.15) is 5.56 Å². The van der Waals surface area contributed by atoms with Crippen molar-refractivity contribution in [3.8, 4) is 0 Å². The van der Waals surface area contributed by atoms with Gasteiger partial charge in [-0.1, -0.05) is 22.6 Å². The lowest BCUT2D eigenvalue weighted by Gasteiger charge is -2.03. The van der Waals surface area contributed by atoms with Gasteiger partial charge in [-0.15, -0.1) is 0 Å². The molecule has 0 aliphatic heterocycles. The number of benzene rings is 1. The minimum atomic E-state index is -0.396. The van der Waals surface area contributed by atoms with E-state index in [1.54, 1.807) is 0 Å². The molecule has 0 heterocycles. The first kappa shape index (κ1) is 10.8. The van der Waals surface area contributed by atoms with E-state index in [0.717, 1.165) is 23.1 Å². The summed E-state index contributed by atoms with van der Waals surface area (Å²) < 4.78 is 26.6. The first-order chi connectivity index (χ1) is 6.24. The Hall–Kier alpha value is -0.230. The average molecular weight is 297 g/mol. The summed E-state index contributed by atoms with van der Waals surface area (Å²) >= 11 is 2.22. The second-order valence-corrected chi connectivity index (χ2v) is 3.68. The maximum absolute atomic E-state index is 13.0. The molecule has 1 aromatic carbocycles. The third-order valence-electron chi connectivity index (χ3n) is 1.59. The Morgan fingerprint density at radius 2 is 2.08 bits per heavy atom. The summed E-state index contributed by atoms with van der Waals surface area (Å²) in [5, 5.41) is 3.01. The fourth-order valence-electron chi connectivity index (χ4n) is 0.969. The van der Waals surface area contributed by atoms with E-state index in [9.17, 15) is 8.78 Å². The third-order valence-corrected chi connectivity index (χ3v) is 2.13. The minimum absolute atomic E-state index is 0.359. The van der Waals surface area contributed by atoms with Crippen molar-refractivity contribution in [2.24, 2.45) is 0 Å². The molecule has 1 N–H and O–H groups in total. The van der Waals surface area contributed by atoms with E-state index in [4.69, 9.17) is 0 Å². The molecule has 0 radical (unpaired) electrons. The highest BCUT2D eigenvalue weighted by Gasteiger charge is 2.02.